The minimum absolute atomic E-state index is 0.138. The summed E-state index contributed by atoms with van der Waals surface area (Å²) in [6.07, 6.45) is 7.28. The highest BCUT2D eigenvalue weighted by molar-refractivity contribution is 6.06. The second-order valence-electron chi connectivity index (χ2n) is 14.4. The molecular weight excluding hydrogens is 642 g/mol. The maximum absolute atomic E-state index is 13.3. The van der Waals surface area contributed by atoms with Crippen molar-refractivity contribution in [3.63, 3.8) is 0 Å². The summed E-state index contributed by atoms with van der Waals surface area (Å²) in [6, 6.07) is 23.7. The molecule has 5 N–H and O–H groups in total. The van der Waals surface area contributed by atoms with Crippen LogP contribution in [0.2, 0.25) is 0 Å². The molecule has 51 heavy (non-hydrogen) atoms. The van der Waals surface area contributed by atoms with Gasteiger partial charge in [0.15, 0.2) is 5.82 Å². The number of phenols is 1. The van der Waals surface area contributed by atoms with E-state index >= 15 is 0 Å². The Morgan fingerprint density at radius 3 is 2.29 bits per heavy atom. The zero-order valence-corrected chi connectivity index (χ0v) is 28.6. The van der Waals surface area contributed by atoms with E-state index in [2.05, 4.69) is 50.0 Å². The van der Waals surface area contributed by atoms with Gasteiger partial charge in [0.2, 0.25) is 11.8 Å². The van der Waals surface area contributed by atoms with Gasteiger partial charge in [0.05, 0.1) is 5.69 Å². The molecule has 262 valence electrons. The van der Waals surface area contributed by atoms with Gasteiger partial charge in [-0.25, -0.2) is 0 Å². The molecular formula is C40H43N7O4. The van der Waals surface area contributed by atoms with Gasteiger partial charge in [0.25, 0.3) is 5.91 Å². The Morgan fingerprint density at radius 2 is 1.55 bits per heavy atom. The van der Waals surface area contributed by atoms with E-state index in [1.54, 1.807) is 17.0 Å². The molecule has 0 bridgehead atoms. The zero-order chi connectivity index (χ0) is 35.1. The van der Waals surface area contributed by atoms with E-state index in [0.29, 0.717) is 53.6 Å². The number of hydrogen-bond donors (Lipinski definition) is 4. The lowest BCUT2D eigenvalue weighted by Gasteiger charge is -2.41. The summed E-state index contributed by atoms with van der Waals surface area (Å²) in [5, 5.41) is 24.8. The third-order valence-electron chi connectivity index (χ3n) is 11.4. The molecule has 1 aromatic heterocycles. The number of phenolic OH excluding ortho intramolecular Hbond substituents is 1. The van der Waals surface area contributed by atoms with Gasteiger partial charge >= 0.3 is 0 Å². The normalized spacial score (nSPS) is 22.9. The first-order valence-corrected chi connectivity index (χ1v) is 18.1. The first kappa shape index (κ1) is 32.9. The van der Waals surface area contributed by atoms with Gasteiger partial charge in [-0.15, -0.1) is 10.2 Å². The van der Waals surface area contributed by atoms with Crippen LogP contribution in [0.15, 0.2) is 72.8 Å². The summed E-state index contributed by atoms with van der Waals surface area (Å²) in [4.78, 5) is 41.7. The van der Waals surface area contributed by atoms with Crippen LogP contribution in [0.1, 0.15) is 78.8 Å². The number of likely N-dealkylation sites (tertiary alicyclic amines) is 1. The van der Waals surface area contributed by atoms with Crippen molar-refractivity contribution in [3.05, 3.63) is 89.5 Å². The molecule has 2 saturated heterocycles. The highest BCUT2D eigenvalue weighted by Crippen LogP contribution is 2.37. The Morgan fingerprint density at radius 1 is 0.804 bits per heavy atom. The highest BCUT2D eigenvalue weighted by Gasteiger charge is 2.40. The predicted octanol–water partition coefficient (Wildman–Crippen LogP) is 5.46. The summed E-state index contributed by atoms with van der Waals surface area (Å²) in [7, 11) is 0. The standard InChI is InChI=1S/C40H43N7O4/c41-38-31(22-34(44-45-38)30-4-1-2-7-36(30)48)26-10-8-24(9-11-26)25-18-20-46(21-19-25)28-14-12-27(13-15-28)42-33-6-3-5-29-32(33)23-47(40(29)51)35-16-17-37(49)43-39(35)50/h1-11,22,25,27-28,35,42,48H,12-21,23H2,(H2,41,45)(H,43,49,50). The van der Waals surface area contributed by atoms with Crippen molar-refractivity contribution < 1.29 is 19.5 Å². The molecule has 3 aromatic carbocycles. The Balaban J connectivity index is 0.841. The molecule has 11 heteroatoms. The first-order valence-electron chi connectivity index (χ1n) is 18.1. The molecule has 4 heterocycles. The molecule has 1 unspecified atom stereocenters. The number of imide groups is 1. The van der Waals surface area contributed by atoms with Crippen LogP contribution in [0.25, 0.3) is 22.4 Å². The number of nitrogen functional groups attached to an aromatic ring is 1. The van der Waals surface area contributed by atoms with Gasteiger partial charge in [0.1, 0.15) is 11.8 Å². The van der Waals surface area contributed by atoms with Gasteiger partial charge in [0, 0.05) is 53.0 Å². The summed E-state index contributed by atoms with van der Waals surface area (Å²) in [5.41, 5.74) is 13.1. The van der Waals surface area contributed by atoms with Crippen LogP contribution in [-0.2, 0) is 16.1 Å². The van der Waals surface area contributed by atoms with E-state index in [9.17, 15) is 19.5 Å². The average Bonchev–Trinajstić information content (AvgIpc) is 3.49. The summed E-state index contributed by atoms with van der Waals surface area (Å²) < 4.78 is 0. The number of nitrogens with one attached hydrogen (secondary N) is 2. The highest BCUT2D eigenvalue weighted by atomic mass is 16.3. The Hall–Kier alpha value is -5.29. The number of fused-ring (bicyclic) bond motifs is 1. The second-order valence-corrected chi connectivity index (χ2v) is 14.4. The van der Waals surface area contributed by atoms with Gasteiger partial charge in [-0.2, -0.15) is 0 Å². The molecule has 3 aliphatic heterocycles. The van der Waals surface area contributed by atoms with Crippen LogP contribution < -0.4 is 16.4 Å². The number of rotatable bonds is 7. The van der Waals surface area contributed by atoms with Gasteiger partial charge in [-0.05, 0) is 105 Å². The van der Waals surface area contributed by atoms with E-state index in [1.165, 1.54) is 5.56 Å². The van der Waals surface area contributed by atoms with E-state index in [4.69, 9.17) is 5.73 Å². The SMILES string of the molecule is Nc1nnc(-c2ccccc2O)cc1-c1ccc(C2CCN(C3CCC(Nc4cccc5c4CN(C4CCC(=O)NC4=O)C5=O)CC3)CC2)cc1. The van der Waals surface area contributed by atoms with Crippen LogP contribution >= 0.6 is 0 Å². The second kappa shape index (κ2) is 13.8. The summed E-state index contributed by atoms with van der Waals surface area (Å²) >= 11 is 0. The van der Waals surface area contributed by atoms with Crippen molar-refractivity contribution in [2.75, 3.05) is 24.1 Å². The minimum atomic E-state index is -0.607. The average molecular weight is 686 g/mol. The first-order chi connectivity index (χ1) is 24.8. The smallest absolute Gasteiger partial charge is 0.255 e. The quantitative estimate of drug-likeness (QED) is 0.186. The number of nitrogens with zero attached hydrogens (tertiary/aromatic N) is 4. The van der Waals surface area contributed by atoms with Crippen LogP contribution in [0, 0.1) is 0 Å². The lowest BCUT2D eigenvalue weighted by atomic mass is 9.85. The number of piperidine rings is 2. The van der Waals surface area contributed by atoms with Crippen LogP contribution in [0.4, 0.5) is 11.5 Å². The number of benzene rings is 3. The predicted molar refractivity (Wildman–Crippen MR) is 195 cm³/mol. The number of anilines is 2. The lowest BCUT2D eigenvalue weighted by Crippen LogP contribution is -2.52. The molecule has 1 atom stereocenters. The molecule has 0 spiro atoms. The fraction of sp³-hybridized carbons (Fsp3) is 0.375. The number of carbonyl (C=O) groups is 3. The fourth-order valence-electron chi connectivity index (χ4n) is 8.51. The zero-order valence-electron chi connectivity index (χ0n) is 28.6. The van der Waals surface area contributed by atoms with Gasteiger partial charge in [-0.3, -0.25) is 19.7 Å². The summed E-state index contributed by atoms with van der Waals surface area (Å²) in [6.45, 7) is 2.56. The molecule has 1 aliphatic carbocycles. The van der Waals surface area contributed by atoms with E-state index in [0.717, 1.165) is 74.0 Å². The van der Waals surface area contributed by atoms with Crippen LogP contribution in [-0.4, -0.2) is 74.0 Å². The number of aromatic nitrogens is 2. The number of amides is 3. The number of aromatic hydroxyl groups is 1. The van der Waals surface area contributed by atoms with Crippen molar-refractivity contribution in [2.24, 2.45) is 0 Å². The minimum Gasteiger partial charge on any atom is -0.507 e. The van der Waals surface area contributed by atoms with Crippen molar-refractivity contribution in [2.45, 2.75) is 82.0 Å². The van der Waals surface area contributed by atoms with E-state index in [-0.39, 0.29) is 29.9 Å². The molecule has 0 radical (unpaired) electrons. The Kier molecular flexibility index (Phi) is 8.89. The van der Waals surface area contributed by atoms with Crippen LogP contribution in [0.5, 0.6) is 5.75 Å². The molecule has 1 saturated carbocycles. The van der Waals surface area contributed by atoms with Gasteiger partial charge < -0.3 is 26.0 Å². The molecule has 3 amide bonds. The third-order valence-corrected chi connectivity index (χ3v) is 11.4. The molecule has 3 fully saturated rings. The molecule has 4 aromatic rings. The number of nitrogens with two attached hydrogens (primary N) is 1. The lowest BCUT2D eigenvalue weighted by molar-refractivity contribution is -0.136. The van der Waals surface area contributed by atoms with Crippen molar-refractivity contribution in [3.8, 4) is 28.1 Å². The largest absolute Gasteiger partial charge is 0.507 e. The van der Waals surface area contributed by atoms with Crippen molar-refractivity contribution in [1.82, 2.24) is 25.3 Å². The monoisotopic (exact) mass is 685 g/mol. The van der Waals surface area contributed by atoms with E-state index < -0.39 is 6.04 Å². The molecule has 4 aliphatic rings. The maximum Gasteiger partial charge on any atom is 0.255 e. The van der Waals surface area contributed by atoms with Crippen LogP contribution in [0.3, 0.4) is 0 Å². The maximum atomic E-state index is 13.3. The Bertz CT molecular complexity index is 1970. The van der Waals surface area contributed by atoms with Crippen molar-refractivity contribution in [1.29, 1.82) is 0 Å². The number of para-hydroxylation sites is 1. The summed E-state index contributed by atoms with van der Waals surface area (Å²) in [5.74, 6) is 0.236. The van der Waals surface area contributed by atoms with Crippen molar-refractivity contribution >= 4 is 29.2 Å². The van der Waals surface area contributed by atoms with E-state index in [1.807, 2.05) is 36.4 Å². The van der Waals surface area contributed by atoms with Gasteiger partial charge in [-0.1, -0.05) is 42.5 Å². The number of hydrogen-bond acceptors (Lipinski definition) is 9. The number of carbonyl (C=O) groups excluding carboxylic acids is 3. The topological polar surface area (TPSA) is 154 Å². The fourth-order valence-corrected chi connectivity index (χ4v) is 8.51. The Labute approximate surface area is 297 Å². The molecule has 11 nitrogen and oxygen atoms in total. The third kappa shape index (κ3) is 6.54. The molecule has 8 rings (SSSR count).